The summed E-state index contributed by atoms with van der Waals surface area (Å²) in [5.74, 6) is -11.3. The fraction of sp³-hybridized carbons (Fsp3) is 0.357. The average molecular weight is 534 g/mol. The summed E-state index contributed by atoms with van der Waals surface area (Å²) in [6.07, 6.45) is -0.198. The van der Waals surface area contributed by atoms with Crippen molar-refractivity contribution in [2.45, 2.75) is 24.9 Å². The minimum absolute atomic E-state index is 0.0189. The third kappa shape index (κ3) is 3.68. The minimum Gasteiger partial charge on any atom is -0.507 e. The van der Waals surface area contributed by atoms with Gasteiger partial charge in [0.2, 0.25) is 11.8 Å². The molecule has 0 aromatic heterocycles. The lowest BCUT2D eigenvalue weighted by Gasteiger charge is -2.48. The number of primary amides is 2. The van der Waals surface area contributed by atoms with E-state index in [9.17, 15) is 39.0 Å². The van der Waals surface area contributed by atoms with E-state index >= 15 is 0 Å². The van der Waals surface area contributed by atoms with Crippen LogP contribution in [0.15, 0.2) is 30.3 Å². The summed E-state index contributed by atoms with van der Waals surface area (Å²) in [4.78, 5) is 78.3. The molecule has 0 bridgehead atoms. The van der Waals surface area contributed by atoms with Crippen LogP contribution in [-0.2, 0) is 25.6 Å². The van der Waals surface area contributed by atoms with E-state index in [0.29, 0.717) is 16.8 Å². The topological polar surface area (TPSA) is 198 Å². The van der Waals surface area contributed by atoms with Gasteiger partial charge in [-0.3, -0.25) is 28.8 Å². The summed E-state index contributed by atoms with van der Waals surface area (Å²) in [6, 6.07) is 7.80. The second kappa shape index (κ2) is 8.84. The summed E-state index contributed by atoms with van der Waals surface area (Å²) >= 11 is 0. The van der Waals surface area contributed by atoms with E-state index in [4.69, 9.17) is 11.5 Å². The number of nitrogens with zero attached hydrogens (tertiary/aromatic N) is 1. The van der Waals surface area contributed by atoms with E-state index in [1.165, 1.54) is 12.1 Å². The van der Waals surface area contributed by atoms with Crippen LogP contribution < -0.4 is 16.4 Å². The number of hydrogen-bond acceptors (Lipinski definition) is 9. The number of benzene rings is 2. The number of fused-ring (bicyclic) bond motifs is 3. The van der Waals surface area contributed by atoms with Crippen molar-refractivity contribution in [1.29, 1.82) is 0 Å². The quantitative estimate of drug-likeness (QED) is 0.395. The molecule has 0 heterocycles. The number of carbonyl (C=O) groups excluding carboxylic acids is 6. The van der Waals surface area contributed by atoms with Gasteiger partial charge in [0, 0.05) is 43.2 Å². The van der Waals surface area contributed by atoms with Gasteiger partial charge in [-0.05, 0) is 48.1 Å². The van der Waals surface area contributed by atoms with Crippen LogP contribution in [-0.4, -0.2) is 64.9 Å². The predicted octanol–water partition coefficient (Wildman–Crippen LogP) is 0.159. The monoisotopic (exact) mass is 533 g/mol. The molecule has 0 radical (unpaired) electrons. The normalized spacial score (nSPS) is 27.9. The van der Waals surface area contributed by atoms with Crippen molar-refractivity contribution < 1.29 is 39.0 Å². The second-order valence-corrected chi connectivity index (χ2v) is 10.7. The summed E-state index contributed by atoms with van der Waals surface area (Å²) < 4.78 is 0. The van der Waals surface area contributed by atoms with Gasteiger partial charge >= 0.3 is 0 Å². The van der Waals surface area contributed by atoms with Gasteiger partial charge in [-0.25, -0.2) is 0 Å². The number of rotatable bonds is 4. The Bertz CT molecular complexity index is 1500. The molecule has 2 unspecified atom stereocenters. The van der Waals surface area contributed by atoms with Gasteiger partial charge in [0.25, 0.3) is 0 Å². The lowest BCUT2D eigenvalue weighted by Crippen LogP contribution is -2.68. The highest BCUT2D eigenvalue weighted by molar-refractivity contribution is 6.31. The Balaban J connectivity index is 1.64. The Morgan fingerprint density at radius 3 is 2.21 bits per heavy atom. The Morgan fingerprint density at radius 1 is 1.00 bits per heavy atom. The smallest absolute Gasteiger partial charge is 0.248 e. The molecular formula is C28H27N3O8. The number of ketones is 4. The molecule has 0 spiro atoms. The van der Waals surface area contributed by atoms with Crippen molar-refractivity contribution in [3.8, 4) is 16.9 Å². The van der Waals surface area contributed by atoms with Gasteiger partial charge in [-0.1, -0.05) is 12.1 Å². The molecule has 39 heavy (non-hydrogen) atoms. The summed E-state index contributed by atoms with van der Waals surface area (Å²) in [5, 5.41) is 22.7. The molecule has 5 atom stereocenters. The SMILES string of the molecule is CN(C)c1cc(-c2ccc(C(N)=O)cc2)c(O)c2c1C[C@H]1C[C@H]3CC(=O)C(C(N)=O)C(=O)[C@@]3(O)C(=O)C1C2=O. The minimum atomic E-state index is -2.70. The van der Waals surface area contributed by atoms with Crippen molar-refractivity contribution in [2.75, 3.05) is 19.0 Å². The highest BCUT2D eigenvalue weighted by Gasteiger charge is 2.66. The Hall–Kier alpha value is -4.38. The van der Waals surface area contributed by atoms with Crippen LogP contribution in [0.25, 0.3) is 11.1 Å². The third-order valence-corrected chi connectivity index (χ3v) is 8.34. The van der Waals surface area contributed by atoms with E-state index in [2.05, 4.69) is 0 Å². The van der Waals surface area contributed by atoms with Gasteiger partial charge in [0.15, 0.2) is 34.7 Å². The van der Waals surface area contributed by atoms with Gasteiger partial charge in [0.05, 0.1) is 11.5 Å². The Kier molecular flexibility index (Phi) is 5.95. The summed E-state index contributed by atoms with van der Waals surface area (Å²) in [6.45, 7) is 0. The fourth-order valence-electron chi connectivity index (χ4n) is 6.45. The molecule has 0 aliphatic heterocycles. The molecule has 11 nitrogen and oxygen atoms in total. The molecule has 202 valence electrons. The lowest BCUT2D eigenvalue weighted by molar-refractivity contribution is -0.175. The second-order valence-electron chi connectivity index (χ2n) is 10.7. The van der Waals surface area contributed by atoms with Crippen LogP contribution in [0.5, 0.6) is 5.75 Å². The summed E-state index contributed by atoms with van der Waals surface area (Å²) in [5.41, 5.74) is 9.87. The van der Waals surface area contributed by atoms with Crippen LogP contribution in [0, 0.1) is 23.7 Å². The molecule has 2 amide bonds. The molecule has 0 saturated heterocycles. The first-order chi connectivity index (χ1) is 18.3. The average Bonchev–Trinajstić information content (AvgIpc) is 2.86. The van der Waals surface area contributed by atoms with Crippen molar-refractivity contribution in [3.05, 3.63) is 47.0 Å². The number of amides is 2. The first-order valence-corrected chi connectivity index (χ1v) is 12.4. The van der Waals surface area contributed by atoms with E-state index < -0.39 is 70.6 Å². The number of aromatic hydroxyl groups is 1. The van der Waals surface area contributed by atoms with Gasteiger partial charge in [-0.15, -0.1) is 0 Å². The molecular weight excluding hydrogens is 506 g/mol. The van der Waals surface area contributed by atoms with Crippen LogP contribution >= 0.6 is 0 Å². The van der Waals surface area contributed by atoms with Crippen molar-refractivity contribution in [1.82, 2.24) is 0 Å². The standard InChI is InChI=1S/C28H27N3O8/c1-31(2)17-10-15(11-3-5-12(6-4-11)26(29)37)22(33)20-16(17)8-13-7-14-9-18(32)21(27(30)38)25(36)28(14,39)24(35)19(13)23(20)34/h3-6,10,13-14,19,21,33,39H,7-9H2,1-2H3,(H2,29,37)(H2,30,38)/t13-,14+,19?,21?,28+/m1/s1. The van der Waals surface area contributed by atoms with Crippen LogP contribution in [0.1, 0.15) is 39.1 Å². The molecule has 2 aromatic carbocycles. The number of aliphatic hydroxyl groups is 1. The highest BCUT2D eigenvalue weighted by atomic mass is 16.3. The van der Waals surface area contributed by atoms with E-state index in [-0.39, 0.29) is 35.3 Å². The molecule has 2 aromatic rings. The number of nitrogens with two attached hydrogens (primary N) is 2. The van der Waals surface area contributed by atoms with Gasteiger partial charge in [-0.2, -0.15) is 0 Å². The molecule has 3 aliphatic carbocycles. The van der Waals surface area contributed by atoms with Crippen LogP contribution in [0.4, 0.5) is 5.69 Å². The van der Waals surface area contributed by atoms with Crippen molar-refractivity contribution >= 4 is 40.6 Å². The van der Waals surface area contributed by atoms with Gasteiger partial charge in [0.1, 0.15) is 5.75 Å². The predicted molar refractivity (Wildman–Crippen MR) is 137 cm³/mol. The number of carbonyl (C=O) groups is 6. The Labute approximate surface area is 222 Å². The lowest BCUT2D eigenvalue weighted by atomic mass is 9.53. The maximum Gasteiger partial charge on any atom is 0.248 e. The first kappa shape index (κ1) is 26.2. The van der Waals surface area contributed by atoms with E-state index in [1.54, 1.807) is 37.2 Å². The number of phenols is 1. The third-order valence-electron chi connectivity index (χ3n) is 8.34. The number of hydrogen-bond donors (Lipinski definition) is 4. The highest BCUT2D eigenvalue weighted by Crippen LogP contribution is 2.52. The number of phenolic OH excluding ortho intramolecular Hbond substituents is 1. The van der Waals surface area contributed by atoms with Crippen molar-refractivity contribution in [3.63, 3.8) is 0 Å². The molecule has 3 aliphatic rings. The Morgan fingerprint density at radius 2 is 1.64 bits per heavy atom. The largest absolute Gasteiger partial charge is 0.507 e. The van der Waals surface area contributed by atoms with Crippen LogP contribution in [0.2, 0.25) is 0 Å². The maximum atomic E-state index is 13.9. The fourth-order valence-corrected chi connectivity index (χ4v) is 6.45. The first-order valence-electron chi connectivity index (χ1n) is 12.4. The molecule has 2 saturated carbocycles. The van der Waals surface area contributed by atoms with E-state index in [0.717, 1.165) is 0 Å². The molecule has 11 heteroatoms. The molecule has 5 rings (SSSR count). The zero-order valence-electron chi connectivity index (χ0n) is 21.3. The van der Waals surface area contributed by atoms with E-state index in [1.807, 2.05) is 0 Å². The van der Waals surface area contributed by atoms with Gasteiger partial charge < -0.3 is 26.6 Å². The number of anilines is 1. The van der Waals surface area contributed by atoms with Crippen LogP contribution in [0.3, 0.4) is 0 Å². The zero-order valence-corrected chi connectivity index (χ0v) is 21.3. The maximum absolute atomic E-state index is 13.9. The van der Waals surface area contributed by atoms with Crippen molar-refractivity contribution in [2.24, 2.45) is 35.1 Å². The molecule has 6 N–H and O–H groups in total. The molecule has 2 fully saturated rings. The zero-order chi connectivity index (χ0) is 28.5. The number of Topliss-reactive ketones (excluding diaryl/α,β-unsaturated/α-hetero) is 4. The summed E-state index contributed by atoms with van der Waals surface area (Å²) in [7, 11) is 3.52.